The van der Waals surface area contributed by atoms with Gasteiger partial charge in [0.1, 0.15) is 0 Å². The van der Waals surface area contributed by atoms with Gasteiger partial charge in [-0.3, -0.25) is 4.68 Å². The summed E-state index contributed by atoms with van der Waals surface area (Å²) in [5.41, 5.74) is 1.31. The molecule has 0 aliphatic heterocycles. The van der Waals surface area contributed by atoms with Crippen molar-refractivity contribution >= 4 is 23.2 Å². The number of nitrogens with zero attached hydrogens (tertiary/aromatic N) is 2. The smallest absolute Gasteiger partial charge is 0.0521 e. The summed E-state index contributed by atoms with van der Waals surface area (Å²) in [7, 11) is 1.95. The summed E-state index contributed by atoms with van der Waals surface area (Å²) in [6.07, 6.45) is 10.2. The van der Waals surface area contributed by atoms with Gasteiger partial charge in [-0.2, -0.15) is 5.10 Å². The van der Waals surface area contributed by atoms with Crippen molar-refractivity contribution in [1.29, 1.82) is 0 Å². The van der Waals surface area contributed by atoms with Gasteiger partial charge in [-0.1, -0.05) is 12.8 Å². The summed E-state index contributed by atoms with van der Waals surface area (Å²) in [4.78, 5) is 0. The minimum Gasteiger partial charge on any atom is -0.276 e. The molecule has 0 radical (unpaired) electrons. The van der Waals surface area contributed by atoms with Gasteiger partial charge in [0.25, 0.3) is 0 Å². The second-order valence-corrected chi connectivity index (χ2v) is 5.84. The molecule has 0 aromatic carbocycles. The van der Waals surface area contributed by atoms with Crippen LogP contribution in [0, 0.1) is 11.3 Å². The van der Waals surface area contributed by atoms with E-state index in [2.05, 4.69) is 11.3 Å². The van der Waals surface area contributed by atoms with E-state index in [0.29, 0.717) is 17.7 Å². The Kier molecular flexibility index (Phi) is 4.37. The predicted octanol–water partition coefficient (Wildman–Crippen LogP) is 3.62. The lowest BCUT2D eigenvalue weighted by atomic mass is 9.73. The van der Waals surface area contributed by atoms with Gasteiger partial charge in [0.05, 0.1) is 6.20 Å². The third-order valence-electron chi connectivity index (χ3n) is 4.07. The number of hydrogen-bond donors (Lipinski definition) is 0. The summed E-state index contributed by atoms with van der Waals surface area (Å²) >= 11 is 12.5. The van der Waals surface area contributed by atoms with Crippen molar-refractivity contribution in [2.75, 3.05) is 11.8 Å². The van der Waals surface area contributed by atoms with Crippen molar-refractivity contribution in [3.63, 3.8) is 0 Å². The normalized spacial score (nSPS) is 17.8. The number of aryl methyl sites for hydroxylation is 1. The van der Waals surface area contributed by atoms with Gasteiger partial charge in [-0.25, -0.2) is 0 Å². The number of halogens is 2. The monoisotopic (exact) mass is 274 g/mol. The fourth-order valence-corrected chi connectivity index (χ4v) is 3.91. The highest BCUT2D eigenvalue weighted by Crippen LogP contribution is 2.44. The van der Waals surface area contributed by atoms with E-state index in [1.54, 1.807) is 0 Å². The van der Waals surface area contributed by atoms with Crippen LogP contribution in [0.5, 0.6) is 0 Å². The summed E-state index contributed by atoms with van der Waals surface area (Å²) < 4.78 is 1.84. The summed E-state index contributed by atoms with van der Waals surface area (Å²) in [6, 6.07) is 0. The molecule has 0 saturated heterocycles. The maximum atomic E-state index is 6.25. The summed E-state index contributed by atoms with van der Waals surface area (Å²) in [5, 5.41) is 4.23. The Hall–Kier alpha value is -0.210. The average molecular weight is 275 g/mol. The fraction of sp³-hybridized carbons (Fsp3) is 0.769. The van der Waals surface area contributed by atoms with Crippen LogP contribution >= 0.6 is 23.2 Å². The minimum atomic E-state index is 0.0582. The highest BCUT2D eigenvalue weighted by Gasteiger charge is 2.39. The Balaban J connectivity index is 2.15. The maximum Gasteiger partial charge on any atom is 0.0521 e. The SMILES string of the molecule is Cn1cc(CC(CCl)(CCl)C2CCCC2)cn1. The van der Waals surface area contributed by atoms with E-state index in [4.69, 9.17) is 23.2 Å². The molecule has 0 N–H and O–H groups in total. The molecule has 17 heavy (non-hydrogen) atoms. The zero-order chi connectivity index (χ0) is 12.3. The molecule has 1 saturated carbocycles. The molecule has 1 aromatic heterocycles. The number of hydrogen-bond acceptors (Lipinski definition) is 1. The molecule has 0 bridgehead atoms. The topological polar surface area (TPSA) is 17.8 Å². The molecule has 0 spiro atoms. The molecule has 2 rings (SSSR count). The van der Waals surface area contributed by atoms with Crippen molar-refractivity contribution in [1.82, 2.24) is 9.78 Å². The standard InChI is InChI=1S/C13H20Cl2N2/c1-17-8-11(7-16-17)6-13(9-14,10-15)12-4-2-3-5-12/h7-8,12H,2-6,9-10H2,1H3. The van der Waals surface area contributed by atoms with Gasteiger partial charge < -0.3 is 0 Å². The van der Waals surface area contributed by atoms with Crippen LogP contribution in [0.15, 0.2) is 12.4 Å². The van der Waals surface area contributed by atoms with E-state index >= 15 is 0 Å². The van der Waals surface area contributed by atoms with Crippen LogP contribution in [-0.2, 0) is 13.5 Å². The Morgan fingerprint density at radius 2 is 2.00 bits per heavy atom. The molecule has 1 fully saturated rings. The molecule has 1 heterocycles. The molecule has 1 aromatic rings. The van der Waals surface area contributed by atoms with Crippen molar-refractivity contribution < 1.29 is 0 Å². The van der Waals surface area contributed by atoms with Crippen LogP contribution in [0.25, 0.3) is 0 Å². The first kappa shape index (κ1) is 13.2. The van der Waals surface area contributed by atoms with Gasteiger partial charge in [-0.05, 0) is 30.7 Å². The lowest BCUT2D eigenvalue weighted by molar-refractivity contribution is 0.225. The molecular weight excluding hydrogens is 255 g/mol. The average Bonchev–Trinajstić information content (AvgIpc) is 2.98. The predicted molar refractivity (Wildman–Crippen MR) is 72.7 cm³/mol. The van der Waals surface area contributed by atoms with Gasteiger partial charge in [-0.15, -0.1) is 23.2 Å². The molecule has 0 amide bonds. The Bertz CT molecular complexity index is 352. The lowest BCUT2D eigenvalue weighted by Crippen LogP contribution is -2.35. The molecule has 0 unspecified atom stereocenters. The zero-order valence-corrected chi connectivity index (χ0v) is 11.8. The largest absolute Gasteiger partial charge is 0.276 e. The van der Waals surface area contributed by atoms with E-state index in [-0.39, 0.29) is 5.41 Å². The Morgan fingerprint density at radius 1 is 1.35 bits per heavy atom. The number of alkyl halides is 2. The van der Waals surface area contributed by atoms with Crippen molar-refractivity contribution in [3.8, 4) is 0 Å². The highest BCUT2D eigenvalue weighted by molar-refractivity contribution is 6.21. The first-order chi connectivity index (χ1) is 8.20. The lowest BCUT2D eigenvalue weighted by Gasteiger charge is -2.35. The summed E-state index contributed by atoms with van der Waals surface area (Å²) in [5.74, 6) is 1.98. The molecule has 1 aliphatic rings. The molecule has 96 valence electrons. The molecule has 1 aliphatic carbocycles. The first-order valence-electron chi connectivity index (χ1n) is 6.29. The molecular formula is C13H20Cl2N2. The third kappa shape index (κ3) is 2.79. The summed E-state index contributed by atoms with van der Waals surface area (Å²) in [6.45, 7) is 0. The highest BCUT2D eigenvalue weighted by atomic mass is 35.5. The van der Waals surface area contributed by atoms with Crippen molar-refractivity contribution in [2.45, 2.75) is 32.1 Å². The quantitative estimate of drug-likeness (QED) is 0.750. The van der Waals surface area contributed by atoms with Crippen LogP contribution in [-0.4, -0.2) is 21.5 Å². The maximum absolute atomic E-state index is 6.25. The van der Waals surface area contributed by atoms with E-state index in [1.807, 2.05) is 17.9 Å². The van der Waals surface area contributed by atoms with E-state index in [1.165, 1.54) is 31.2 Å². The Morgan fingerprint density at radius 3 is 2.47 bits per heavy atom. The third-order valence-corrected chi connectivity index (χ3v) is 5.13. The zero-order valence-electron chi connectivity index (χ0n) is 10.3. The van der Waals surface area contributed by atoms with Gasteiger partial charge in [0.15, 0.2) is 0 Å². The van der Waals surface area contributed by atoms with Crippen LogP contribution in [0.2, 0.25) is 0 Å². The van der Waals surface area contributed by atoms with Crippen LogP contribution in [0.4, 0.5) is 0 Å². The molecule has 0 atom stereocenters. The molecule has 4 heteroatoms. The van der Waals surface area contributed by atoms with Crippen molar-refractivity contribution in [2.24, 2.45) is 18.4 Å². The van der Waals surface area contributed by atoms with Crippen molar-refractivity contribution in [3.05, 3.63) is 18.0 Å². The van der Waals surface area contributed by atoms with Gasteiger partial charge in [0.2, 0.25) is 0 Å². The van der Waals surface area contributed by atoms with Crippen LogP contribution < -0.4 is 0 Å². The van der Waals surface area contributed by atoms with Crippen LogP contribution in [0.3, 0.4) is 0 Å². The second kappa shape index (κ2) is 5.62. The minimum absolute atomic E-state index is 0.0582. The number of aromatic nitrogens is 2. The Labute approximate surface area is 113 Å². The van der Waals surface area contributed by atoms with Gasteiger partial charge >= 0.3 is 0 Å². The first-order valence-corrected chi connectivity index (χ1v) is 7.36. The molecule has 2 nitrogen and oxygen atoms in total. The number of rotatable bonds is 5. The second-order valence-electron chi connectivity index (χ2n) is 5.31. The van der Waals surface area contributed by atoms with E-state index in [0.717, 1.165) is 6.42 Å². The van der Waals surface area contributed by atoms with Crippen LogP contribution in [0.1, 0.15) is 31.2 Å². The van der Waals surface area contributed by atoms with Gasteiger partial charge in [0, 0.05) is 30.4 Å². The van der Waals surface area contributed by atoms with E-state index < -0.39 is 0 Å². The fourth-order valence-electron chi connectivity index (χ4n) is 3.00. The van der Waals surface area contributed by atoms with E-state index in [9.17, 15) is 0 Å².